The van der Waals surface area contributed by atoms with Crippen molar-refractivity contribution in [1.29, 1.82) is 0 Å². The Kier molecular flexibility index (Phi) is 4.50. The molecule has 1 aliphatic heterocycles. The molecule has 0 saturated heterocycles. The van der Waals surface area contributed by atoms with E-state index in [1.165, 1.54) is 0 Å². The molecule has 0 bridgehead atoms. The number of nitrogens with zero attached hydrogens (tertiary/aromatic N) is 4. The van der Waals surface area contributed by atoms with Crippen LogP contribution in [-0.4, -0.2) is 51.9 Å². The van der Waals surface area contributed by atoms with Crippen molar-refractivity contribution in [3.63, 3.8) is 0 Å². The fraction of sp³-hybridized carbons (Fsp3) is 0.250. The van der Waals surface area contributed by atoms with Crippen molar-refractivity contribution in [3.05, 3.63) is 60.6 Å². The molecule has 27 heavy (non-hydrogen) atoms. The Hall–Kier alpha value is -3.35. The molecule has 138 valence electrons. The van der Waals surface area contributed by atoms with Crippen LogP contribution in [0.25, 0.3) is 11.3 Å². The predicted molar refractivity (Wildman–Crippen MR) is 99.8 cm³/mol. The molecule has 0 saturated carbocycles. The van der Waals surface area contributed by atoms with E-state index in [1.54, 1.807) is 35.1 Å². The van der Waals surface area contributed by atoms with Gasteiger partial charge >= 0.3 is 0 Å². The monoisotopic (exact) mass is 364 g/mol. The molecular weight excluding hydrogens is 344 g/mol. The van der Waals surface area contributed by atoms with Crippen LogP contribution in [0.1, 0.15) is 10.4 Å². The van der Waals surface area contributed by atoms with Gasteiger partial charge in [0.25, 0.3) is 5.91 Å². The molecule has 4 rings (SSSR count). The van der Waals surface area contributed by atoms with Gasteiger partial charge in [-0.3, -0.25) is 14.5 Å². The van der Waals surface area contributed by atoms with Gasteiger partial charge in [0.15, 0.2) is 17.6 Å². The molecule has 0 aliphatic carbocycles. The first-order chi connectivity index (χ1) is 13.1. The number of hydrogen-bond acceptors (Lipinski definition) is 5. The minimum atomic E-state index is -0.212. The van der Waals surface area contributed by atoms with Crippen molar-refractivity contribution in [2.24, 2.45) is 7.05 Å². The van der Waals surface area contributed by atoms with Gasteiger partial charge < -0.3 is 14.4 Å². The summed E-state index contributed by atoms with van der Waals surface area (Å²) in [4.78, 5) is 18.7. The van der Waals surface area contributed by atoms with Crippen LogP contribution in [0.15, 0.2) is 55.0 Å². The lowest BCUT2D eigenvalue weighted by molar-refractivity contribution is 0.0520. The lowest BCUT2D eigenvalue weighted by Crippen LogP contribution is -2.41. The van der Waals surface area contributed by atoms with E-state index in [9.17, 15) is 4.79 Å². The zero-order valence-electron chi connectivity index (χ0n) is 15.2. The number of pyridine rings is 1. The summed E-state index contributed by atoms with van der Waals surface area (Å²) >= 11 is 0. The average molecular weight is 364 g/mol. The first-order valence-electron chi connectivity index (χ1n) is 8.69. The van der Waals surface area contributed by atoms with Crippen molar-refractivity contribution in [2.75, 3.05) is 20.2 Å². The lowest BCUT2D eigenvalue weighted by Gasteiger charge is -2.29. The van der Waals surface area contributed by atoms with Crippen LogP contribution < -0.4 is 9.47 Å². The van der Waals surface area contributed by atoms with Gasteiger partial charge in [-0.1, -0.05) is 12.1 Å². The van der Waals surface area contributed by atoms with Gasteiger partial charge in [-0.25, -0.2) is 0 Å². The number of fused-ring (bicyclic) bond motifs is 1. The Bertz CT molecular complexity index is 952. The highest BCUT2D eigenvalue weighted by molar-refractivity contribution is 5.94. The molecule has 3 heterocycles. The molecule has 0 spiro atoms. The summed E-state index contributed by atoms with van der Waals surface area (Å²) in [6.45, 7) is 0.838. The van der Waals surface area contributed by atoms with Crippen LogP contribution in [-0.2, 0) is 7.05 Å². The van der Waals surface area contributed by atoms with E-state index >= 15 is 0 Å². The zero-order valence-corrected chi connectivity index (χ0v) is 15.2. The summed E-state index contributed by atoms with van der Waals surface area (Å²) in [6, 6.07) is 11.1. The lowest BCUT2D eigenvalue weighted by atomic mass is 10.2. The third-order valence-corrected chi connectivity index (χ3v) is 4.40. The number of aromatic nitrogens is 3. The van der Waals surface area contributed by atoms with E-state index in [0.29, 0.717) is 24.5 Å². The Balaban J connectivity index is 1.40. The highest BCUT2D eigenvalue weighted by Crippen LogP contribution is 2.31. The van der Waals surface area contributed by atoms with Gasteiger partial charge in [0.1, 0.15) is 6.61 Å². The topological polar surface area (TPSA) is 69.5 Å². The van der Waals surface area contributed by atoms with Gasteiger partial charge in [0, 0.05) is 32.1 Å². The number of likely N-dealkylation sites (N-methyl/N-ethyl adjacent to an activating group) is 1. The zero-order chi connectivity index (χ0) is 18.8. The van der Waals surface area contributed by atoms with E-state index in [4.69, 9.17) is 9.47 Å². The fourth-order valence-electron chi connectivity index (χ4n) is 3.01. The van der Waals surface area contributed by atoms with E-state index in [1.807, 2.05) is 43.6 Å². The SMILES string of the molecule is CN(C[C@H]1COc2ccccc2O1)C(=O)c1ccc(-c2cnn(C)c2)nc1. The number of aryl methyl sites for hydroxylation is 1. The Labute approximate surface area is 157 Å². The van der Waals surface area contributed by atoms with Gasteiger partial charge in [-0.15, -0.1) is 0 Å². The number of benzene rings is 1. The molecule has 0 radical (unpaired) electrons. The molecule has 7 nitrogen and oxygen atoms in total. The smallest absolute Gasteiger partial charge is 0.255 e. The summed E-state index contributed by atoms with van der Waals surface area (Å²) in [7, 11) is 3.60. The van der Waals surface area contributed by atoms with Crippen LogP contribution in [0.3, 0.4) is 0 Å². The number of amides is 1. The quantitative estimate of drug-likeness (QED) is 0.711. The third-order valence-electron chi connectivity index (χ3n) is 4.40. The number of hydrogen-bond donors (Lipinski definition) is 0. The molecular formula is C20H20N4O3. The molecule has 1 aliphatic rings. The maximum Gasteiger partial charge on any atom is 0.255 e. The summed E-state index contributed by atoms with van der Waals surface area (Å²) in [5.41, 5.74) is 2.22. The van der Waals surface area contributed by atoms with E-state index in [-0.39, 0.29) is 12.0 Å². The van der Waals surface area contributed by atoms with E-state index < -0.39 is 0 Å². The van der Waals surface area contributed by atoms with Crippen molar-refractivity contribution < 1.29 is 14.3 Å². The molecule has 1 amide bonds. The van der Waals surface area contributed by atoms with Crippen LogP contribution in [0.2, 0.25) is 0 Å². The second-order valence-corrected chi connectivity index (χ2v) is 6.52. The summed E-state index contributed by atoms with van der Waals surface area (Å²) in [6.07, 6.45) is 5.01. The minimum Gasteiger partial charge on any atom is -0.486 e. The van der Waals surface area contributed by atoms with E-state index in [2.05, 4.69) is 10.1 Å². The minimum absolute atomic E-state index is 0.109. The first kappa shape index (κ1) is 17.1. The van der Waals surface area contributed by atoms with Crippen LogP contribution in [0.4, 0.5) is 0 Å². The number of rotatable bonds is 4. The van der Waals surface area contributed by atoms with Gasteiger partial charge in [0.05, 0.1) is 24.0 Å². The highest BCUT2D eigenvalue weighted by Gasteiger charge is 2.24. The van der Waals surface area contributed by atoms with Crippen LogP contribution in [0.5, 0.6) is 11.5 Å². The largest absolute Gasteiger partial charge is 0.486 e. The Morgan fingerprint density at radius 2 is 2.04 bits per heavy atom. The highest BCUT2D eigenvalue weighted by atomic mass is 16.6. The molecule has 0 fully saturated rings. The molecule has 0 unspecified atom stereocenters. The maximum absolute atomic E-state index is 12.7. The Morgan fingerprint density at radius 1 is 1.22 bits per heavy atom. The van der Waals surface area contributed by atoms with Gasteiger partial charge in [-0.2, -0.15) is 5.10 Å². The first-order valence-corrected chi connectivity index (χ1v) is 8.69. The molecule has 2 aromatic heterocycles. The molecule has 7 heteroatoms. The second-order valence-electron chi connectivity index (χ2n) is 6.52. The van der Waals surface area contributed by atoms with Crippen molar-refractivity contribution in [2.45, 2.75) is 6.10 Å². The molecule has 3 aromatic rings. The third kappa shape index (κ3) is 3.62. The van der Waals surface area contributed by atoms with Crippen LogP contribution >= 0.6 is 0 Å². The molecule has 0 N–H and O–H groups in total. The average Bonchev–Trinajstić information content (AvgIpc) is 3.14. The summed E-state index contributed by atoms with van der Waals surface area (Å²) < 4.78 is 13.3. The normalized spacial score (nSPS) is 15.4. The molecule has 1 aromatic carbocycles. The standard InChI is InChI=1S/C20H20N4O3/c1-23(12-16-13-26-18-5-3-4-6-19(18)27-16)20(25)14-7-8-17(21-9-14)15-10-22-24(2)11-15/h3-11,16H,12-13H2,1-2H3/t16-/m0/s1. The fourth-order valence-corrected chi connectivity index (χ4v) is 3.01. The van der Waals surface area contributed by atoms with Crippen molar-refractivity contribution in [1.82, 2.24) is 19.7 Å². The van der Waals surface area contributed by atoms with Crippen molar-refractivity contribution >= 4 is 5.91 Å². The van der Waals surface area contributed by atoms with Crippen molar-refractivity contribution in [3.8, 4) is 22.8 Å². The van der Waals surface area contributed by atoms with Crippen LogP contribution in [0, 0.1) is 0 Å². The summed E-state index contributed by atoms with van der Waals surface area (Å²) in [5.74, 6) is 1.33. The number of carbonyl (C=O) groups is 1. The Morgan fingerprint density at radius 3 is 2.74 bits per heavy atom. The second kappa shape index (κ2) is 7.11. The van der Waals surface area contributed by atoms with E-state index in [0.717, 1.165) is 17.0 Å². The summed E-state index contributed by atoms with van der Waals surface area (Å²) in [5, 5.41) is 4.14. The van der Waals surface area contributed by atoms with Gasteiger partial charge in [-0.05, 0) is 24.3 Å². The van der Waals surface area contributed by atoms with Gasteiger partial charge in [0.2, 0.25) is 0 Å². The number of para-hydroxylation sites is 2. The number of carbonyl (C=O) groups excluding carboxylic acids is 1. The maximum atomic E-state index is 12.7. The molecule has 1 atom stereocenters. The number of ether oxygens (including phenoxy) is 2. The predicted octanol–water partition coefficient (Wildman–Crippen LogP) is 2.39.